The molecule has 3 atom stereocenters. The van der Waals surface area contributed by atoms with Crippen LogP contribution in [-0.2, 0) is 16.1 Å². The summed E-state index contributed by atoms with van der Waals surface area (Å²) < 4.78 is 10.9. The monoisotopic (exact) mass is 593 g/mol. The number of amides is 2. The third-order valence-corrected chi connectivity index (χ3v) is 7.76. The van der Waals surface area contributed by atoms with Crippen LogP contribution in [0.15, 0.2) is 33.9 Å². The molecule has 2 aromatic rings. The first-order chi connectivity index (χ1) is 18.8. The molecule has 2 N–H and O–H groups in total. The van der Waals surface area contributed by atoms with Gasteiger partial charge in [-0.15, -0.1) is 22.6 Å². The molecule has 0 bridgehead atoms. The van der Waals surface area contributed by atoms with Gasteiger partial charge in [-0.2, -0.15) is 0 Å². The van der Waals surface area contributed by atoms with Gasteiger partial charge in [0, 0.05) is 31.2 Å². The summed E-state index contributed by atoms with van der Waals surface area (Å²) in [5.74, 6) is -1.17. The van der Waals surface area contributed by atoms with Crippen LogP contribution >= 0.6 is 24.2 Å². The van der Waals surface area contributed by atoms with E-state index in [2.05, 4.69) is 25.7 Å². The fourth-order valence-corrected chi connectivity index (χ4v) is 5.50. The molecule has 0 spiro atoms. The Morgan fingerprint density at radius 2 is 1.88 bits per heavy atom. The zero-order chi connectivity index (χ0) is 27.8. The number of morpholine rings is 1. The van der Waals surface area contributed by atoms with Crippen molar-refractivity contribution in [1.29, 1.82) is 0 Å². The number of rotatable bonds is 11. The predicted molar refractivity (Wildman–Crippen MR) is 155 cm³/mol. The van der Waals surface area contributed by atoms with E-state index in [0.717, 1.165) is 51.3 Å². The Bertz CT molecular complexity index is 1140. The summed E-state index contributed by atoms with van der Waals surface area (Å²) in [7, 11) is 0. The van der Waals surface area contributed by atoms with Crippen molar-refractivity contribution in [3.8, 4) is 0 Å². The van der Waals surface area contributed by atoms with Gasteiger partial charge in [0.1, 0.15) is 0 Å². The number of Topliss-reactive ketones (excluding diaryl/α,β-unsaturated/α-hetero) is 1. The molecule has 0 radical (unpaired) electrons. The lowest BCUT2D eigenvalue weighted by Gasteiger charge is -2.32. The van der Waals surface area contributed by atoms with Gasteiger partial charge in [0.25, 0.3) is 17.0 Å². The molecule has 1 aliphatic carbocycles. The molecule has 10 nitrogen and oxygen atoms in total. The standard InChI is InChI=1S/C28H39N5O5S.ClH/c1-18(2)15-23(24(34)27-31-32-28(38-27)39-3)30-26(36)21-9-4-5-10-22(21)29-25(35)20-8-6-7-19(16-20)17-33-11-13-37-14-12-33;/h6-8,16,18,21-23H,4-5,9-15,17H2,1-3H3,(H,29,35)(H,30,36);1H/t21-,22+,23+;/m1./s1. The van der Waals surface area contributed by atoms with Crippen LogP contribution < -0.4 is 10.6 Å². The highest BCUT2D eigenvalue weighted by molar-refractivity contribution is 7.98. The average molecular weight is 594 g/mol. The van der Waals surface area contributed by atoms with Crippen LogP contribution in [0.25, 0.3) is 0 Å². The molecule has 0 unspecified atom stereocenters. The quantitative estimate of drug-likeness (QED) is 0.296. The van der Waals surface area contributed by atoms with Crippen LogP contribution in [0.3, 0.4) is 0 Å². The SMILES string of the molecule is CSc1nnc(C(=O)[C@H](CC(C)C)NC(=O)[C@@H]2CCCC[C@@H]2NC(=O)c2cccc(CN3CCOCC3)c2)o1.Cl. The largest absolute Gasteiger partial charge is 0.408 e. The van der Waals surface area contributed by atoms with E-state index in [4.69, 9.17) is 9.15 Å². The Hall–Kier alpha value is -2.47. The van der Waals surface area contributed by atoms with E-state index in [1.807, 2.05) is 32.0 Å². The van der Waals surface area contributed by atoms with Crippen LogP contribution in [0, 0.1) is 11.8 Å². The van der Waals surface area contributed by atoms with E-state index in [1.54, 1.807) is 12.3 Å². The molecule has 1 aromatic heterocycles. The first-order valence-corrected chi connectivity index (χ1v) is 15.0. The van der Waals surface area contributed by atoms with Crippen molar-refractivity contribution in [3.05, 3.63) is 41.3 Å². The minimum absolute atomic E-state index is 0. The van der Waals surface area contributed by atoms with Gasteiger partial charge >= 0.3 is 0 Å². The molecule has 4 rings (SSSR count). The molecule has 1 saturated heterocycles. The van der Waals surface area contributed by atoms with Gasteiger partial charge < -0.3 is 19.8 Å². The molecule has 2 heterocycles. The van der Waals surface area contributed by atoms with Gasteiger partial charge in [-0.25, -0.2) is 0 Å². The van der Waals surface area contributed by atoms with Crippen molar-refractivity contribution in [1.82, 2.24) is 25.7 Å². The van der Waals surface area contributed by atoms with Crippen LogP contribution in [0.4, 0.5) is 0 Å². The third kappa shape index (κ3) is 8.76. The maximum Gasteiger partial charge on any atom is 0.286 e. The van der Waals surface area contributed by atoms with Crippen LogP contribution in [-0.4, -0.2) is 77.3 Å². The number of hydrogen-bond donors (Lipinski definition) is 2. The van der Waals surface area contributed by atoms with Gasteiger partial charge in [0.2, 0.25) is 11.7 Å². The smallest absolute Gasteiger partial charge is 0.286 e. The van der Waals surface area contributed by atoms with Crippen molar-refractivity contribution in [3.63, 3.8) is 0 Å². The first-order valence-electron chi connectivity index (χ1n) is 13.8. The summed E-state index contributed by atoms with van der Waals surface area (Å²) in [5, 5.41) is 14.1. The van der Waals surface area contributed by atoms with Crippen molar-refractivity contribution < 1.29 is 23.5 Å². The normalized spacial score (nSPS) is 20.4. The van der Waals surface area contributed by atoms with Crippen LogP contribution in [0.1, 0.15) is 72.6 Å². The van der Waals surface area contributed by atoms with E-state index in [9.17, 15) is 14.4 Å². The minimum Gasteiger partial charge on any atom is -0.408 e. The number of hydrogen-bond acceptors (Lipinski definition) is 9. The molecule has 40 heavy (non-hydrogen) atoms. The second-order valence-corrected chi connectivity index (χ2v) is 11.4. The van der Waals surface area contributed by atoms with E-state index in [0.29, 0.717) is 30.0 Å². The first kappa shape index (κ1) is 32.0. The number of nitrogens with zero attached hydrogens (tertiary/aromatic N) is 3. The zero-order valence-corrected chi connectivity index (χ0v) is 25.0. The lowest BCUT2D eigenvalue weighted by Crippen LogP contribution is -2.52. The fourth-order valence-electron chi connectivity index (χ4n) is 5.22. The number of halogens is 1. The summed E-state index contributed by atoms with van der Waals surface area (Å²) >= 11 is 1.26. The molecule has 1 aliphatic heterocycles. The highest BCUT2D eigenvalue weighted by Gasteiger charge is 2.35. The highest BCUT2D eigenvalue weighted by atomic mass is 35.5. The van der Waals surface area contributed by atoms with Crippen molar-refractivity contribution >= 4 is 41.8 Å². The number of carbonyl (C=O) groups is 3. The van der Waals surface area contributed by atoms with E-state index < -0.39 is 17.7 Å². The number of benzene rings is 1. The van der Waals surface area contributed by atoms with Gasteiger partial charge in [-0.1, -0.05) is 50.6 Å². The van der Waals surface area contributed by atoms with E-state index >= 15 is 0 Å². The molecule has 12 heteroatoms. The number of aromatic nitrogens is 2. The number of ketones is 1. The zero-order valence-electron chi connectivity index (χ0n) is 23.4. The number of carbonyl (C=O) groups excluding carboxylic acids is 3. The number of ether oxygens (including phenoxy) is 1. The molecule has 220 valence electrons. The Labute approximate surface area is 246 Å². The summed E-state index contributed by atoms with van der Waals surface area (Å²) in [6.45, 7) is 7.95. The molecular weight excluding hydrogens is 554 g/mol. The second kappa shape index (κ2) is 15.5. The van der Waals surface area contributed by atoms with Gasteiger partial charge in [0.05, 0.1) is 25.2 Å². The van der Waals surface area contributed by atoms with Crippen LogP contribution in [0.2, 0.25) is 0 Å². The second-order valence-electron chi connectivity index (χ2n) is 10.7. The molecule has 2 aliphatic rings. The number of nitrogens with one attached hydrogen (secondary N) is 2. The Balaban J connectivity index is 0.00000441. The Morgan fingerprint density at radius 1 is 1.12 bits per heavy atom. The summed E-state index contributed by atoms with van der Waals surface area (Å²) in [6, 6.07) is 6.57. The molecular formula is C28H40ClN5O5S. The molecule has 2 fully saturated rings. The van der Waals surface area contributed by atoms with Crippen LogP contribution in [0.5, 0.6) is 0 Å². The lowest BCUT2D eigenvalue weighted by atomic mass is 9.83. The van der Waals surface area contributed by atoms with Gasteiger partial charge in [0.15, 0.2) is 0 Å². The van der Waals surface area contributed by atoms with Crippen molar-refractivity contribution in [2.75, 3.05) is 32.6 Å². The summed E-state index contributed by atoms with van der Waals surface area (Å²) in [5.41, 5.74) is 1.66. The fraction of sp³-hybridized carbons (Fsp3) is 0.607. The molecule has 1 aromatic carbocycles. The average Bonchev–Trinajstić information content (AvgIpc) is 3.42. The summed E-state index contributed by atoms with van der Waals surface area (Å²) in [4.78, 5) is 42.2. The Morgan fingerprint density at radius 3 is 2.58 bits per heavy atom. The topological polar surface area (TPSA) is 127 Å². The minimum atomic E-state index is -0.775. The molecule has 1 saturated carbocycles. The maximum absolute atomic E-state index is 13.5. The highest BCUT2D eigenvalue weighted by Crippen LogP contribution is 2.26. The summed E-state index contributed by atoms with van der Waals surface area (Å²) in [6.07, 6.45) is 5.41. The van der Waals surface area contributed by atoms with Gasteiger partial charge in [-0.3, -0.25) is 19.3 Å². The number of thioether (sulfide) groups is 1. The van der Waals surface area contributed by atoms with E-state index in [-0.39, 0.29) is 42.1 Å². The van der Waals surface area contributed by atoms with E-state index in [1.165, 1.54) is 11.8 Å². The molecule has 2 amide bonds. The third-order valence-electron chi connectivity index (χ3n) is 7.25. The van der Waals surface area contributed by atoms with Crippen molar-refractivity contribution in [2.24, 2.45) is 11.8 Å². The van der Waals surface area contributed by atoms with Gasteiger partial charge in [-0.05, 0) is 49.1 Å². The predicted octanol–water partition coefficient (Wildman–Crippen LogP) is 3.75. The Kier molecular flexibility index (Phi) is 12.4. The lowest BCUT2D eigenvalue weighted by molar-refractivity contribution is -0.127. The van der Waals surface area contributed by atoms with Crippen molar-refractivity contribution in [2.45, 2.75) is 69.8 Å². The maximum atomic E-state index is 13.5.